The summed E-state index contributed by atoms with van der Waals surface area (Å²) in [6.07, 6.45) is 3.12. The number of nitrogens with one attached hydrogen (secondary N) is 1. The fraction of sp³-hybridized carbons (Fsp3) is 0.355. The maximum atomic E-state index is 13.4. The molecule has 1 aliphatic carbocycles. The summed E-state index contributed by atoms with van der Waals surface area (Å²) >= 11 is 0. The van der Waals surface area contributed by atoms with E-state index in [4.69, 9.17) is 9.47 Å². The van der Waals surface area contributed by atoms with Gasteiger partial charge in [0, 0.05) is 36.2 Å². The predicted octanol–water partition coefficient (Wildman–Crippen LogP) is 4.96. The number of fused-ring (bicyclic) bond motifs is 1. The highest BCUT2D eigenvalue weighted by atomic mass is 16.5. The van der Waals surface area contributed by atoms with E-state index < -0.39 is 0 Å². The van der Waals surface area contributed by atoms with Crippen molar-refractivity contribution < 1.29 is 24.2 Å². The Kier molecular flexibility index (Phi) is 7.27. The summed E-state index contributed by atoms with van der Waals surface area (Å²) in [5.41, 5.74) is 2.83. The molecule has 2 atom stereocenters. The molecule has 1 saturated carbocycles. The maximum Gasteiger partial charge on any atom is 0.253 e. The number of benzene rings is 3. The van der Waals surface area contributed by atoms with Gasteiger partial charge in [0.1, 0.15) is 12.4 Å². The van der Waals surface area contributed by atoms with Crippen molar-refractivity contribution in [3.8, 4) is 17.2 Å². The van der Waals surface area contributed by atoms with E-state index in [-0.39, 0.29) is 23.0 Å². The first-order chi connectivity index (χ1) is 18.4. The largest absolute Gasteiger partial charge is 0.508 e. The second-order valence-corrected chi connectivity index (χ2v) is 10.5. The molecule has 5 rings (SSSR count). The minimum atomic E-state index is -0.155. The fourth-order valence-corrected chi connectivity index (χ4v) is 5.91. The summed E-state index contributed by atoms with van der Waals surface area (Å²) in [4.78, 5) is 28.4. The van der Waals surface area contributed by atoms with Crippen LogP contribution in [-0.4, -0.2) is 48.6 Å². The number of ether oxygens (including phenoxy) is 2. The first kappa shape index (κ1) is 25.6. The minimum absolute atomic E-state index is 0.0312. The van der Waals surface area contributed by atoms with E-state index in [1.807, 2.05) is 48.2 Å². The summed E-state index contributed by atoms with van der Waals surface area (Å²) in [6.45, 7) is 4.08. The van der Waals surface area contributed by atoms with Crippen molar-refractivity contribution in [2.24, 2.45) is 11.3 Å². The molecule has 2 N–H and O–H groups in total. The van der Waals surface area contributed by atoms with Crippen LogP contribution in [0.2, 0.25) is 0 Å². The molecule has 198 valence electrons. The molecule has 1 heterocycles. The number of phenols is 1. The minimum Gasteiger partial charge on any atom is -0.508 e. The molecule has 3 aromatic rings. The molecule has 0 aromatic heterocycles. The number of hydrogen-bond acceptors (Lipinski definition) is 5. The lowest BCUT2D eigenvalue weighted by Crippen LogP contribution is -2.41. The highest BCUT2D eigenvalue weighted by molar-refractivity contribution is 5.96. The zero-order chi connectivity index (χ0) is 26.7. The Morgan fingerprint density at radius 1 is 1.08 bits per heavy atom. The molecule has 7 nitrogen and oxygen atoms in total. The standard InChI is InChI=1S/C31H34N2O5/c1-21-15-27(37-2)28(38-18-22-7-4-3-5-8-22)16-26(21)29(35)32-19-31-14-6-9-24(31)17-33(20-31)30(36)23-10-12-25(34)13-11-23/h3-5,7-8,10-13,15-16,24,34H,6,9,14,17-20H2,1-2H3,(H,32,35)/t24-,31-/m0/s1. The molecular formula is C31H34N2O5. The van der Waals surface area contributed by atoms with Gasteiger partial charge in [-0.3, -0.25) is 9.59 Å². The first-order valence-corrected chi connectivity index (χ1v) is 13.1. The maximum absolute atomic E-state index is 13.4. The van der Waals surface area contributed by atoms with Crippen molar-refractivity contribution in [2.45, 2.75) is 32.8 Å². The van der Waals surface area contributed by atoms with Crippen LogP contribution < -0.4 is 14.8 Å². The van der Waals surface area contributed by atoms with E-state index >= 15 is 0 Å². The number of aryl methyl sites for hydroxylation is 1. The van der Waals surface area contributed by atoms with Crippen LogP contribution in [0.15, 0.2) is 66.7 Å². The molecule has 2 fully saturated rings. The molecule has 38 heavy (non-hydrogen) atoms. The van der Waals surface area contributed by atoms with E-state index in [0.717, 1.165) is 30.4 Å². The summed E-state index contributed by atoms with van der Waals surface area (Å²) in [6, 6.07) is 19.8. The molecule has 2 amide bonds. The molecule has 3 aromatic carbocycles. The Morgan fingerprint density at radius 2 is 1.84 bits per heavy atom. The van der Waals surface area contributed by atoms with E-state index in [1.54, 1.807) is 25.3 Å². The van der Waals surface area contributed by atoms with E-state index in [9.17, 15) is 14.7 Å². The van der Waals surface area contributed by atoms with Crippen LogP contribution in [0.1, 0.15) is 51.1 Å². The van der Waals surface area contributed by atoms with E-state index in [0.29, 0.717) is 54.8 Å². The molecule has 0 radical (unpaired) electrons. The third kappa shape index (κ3) is 5.19. The number of methoxy groups -OCH3 is 1. The number of aromatic hydroxyl groups is 1. The Hall–Kier alpha value is -4.00. The molecular weight excluding hydrogens is 480 g/mol. The summed E-state index contributed by atoms with van der Waals surface area (Å²) in [5, 5.41) is 12.7. The average molecular weight is 515 g/mol. The lowest BCUT2D eigenvalue weighted by Gasteiger charge is -2.29. The Labute approximate surface area is 223 Å². The smallest absolute Gasteiger partial charge is 0.253 e. The topological polar surface area (TPSA) is 88.1 Å². The van der Waals surface area contributed by atoms with Crippen LogP contribution in [0.25, 0.3) is 0 Å². The van der Waals surface area contributed by atoms with Gasteiger partial charge in [0.25, 0.3) is 11.8 Å². The third-order valence-electron chi connectivity index (χ3n) is 8.03. The van der Waals surface area contributed by atoms with Gasteiger partial charge in [-0.25, -0.2) is 0 Å². The van der Waals surface area contributed by atoms with Crippen LogP contribution >= 0.6 is 0 Å². The number of rotatable bonds is 8. The van der Waals surface area contributed by atoms with E-state index in [2.05, 4.69) is 5.32 Å². The number of carbonyl (C=O) groups excluding carboxylic acids is 2. The number of amides is 2. The summed E-state index contributed by atoms with van der Waals surface area (Å²) in [7, 11) is 1.59. The lowest BCUT2D eigenvalue weighted by molar-refractivity contribution is 0.0767. The van der Waals surface area contributed by atoms with Crippen molar-refractivity contribution in [1.82, 2.24) is 10.2 Å². The summed E-state index contributed by atoms with van der Waals surface area (Å²) in [5.74, 6) is 1.42. The van der Waals surface area contributed by atoms with Crippen molar-refractivity contribution >= 4 is 11.8 Å². The molecule has 1 aliphatic heterocycles. The van der Waals surface area contributed by atoms with Crippen LogP contribution in [0.3, 0.4) is 0 Å². The van der Waals surface area contributed by atoms with Gasteiger partial charge >= 0.3 is 0 Å². The van der Waals surface area contributed by atoms with Gasteiger partial charge in [-0.1, -0.05) is 36.8 Å². The SMILES string of the molecule is COc1cc(C)c(C(=O)NC[C@]23CCC[C@H]2CN(C(=O)c2ccc(O)cc2)C3)cc1OCc1ccccc1. The van der Waals surface area contributed by atoms with Gasteiger partial charge in [0.15, 0.2) is 11.5 Å². The number of carbonyl (C=O) groups is 2. The van der Waals surface area contributed by atoms with Crippen LogP contribution in [0.5, 0.6) is 17.2 Å². The van der Waals surface area contributed by atoms with Gasteiger partial charge in [-0.05, 0) is 73.2 Å². The van der Waals surface area contributed by atoms with Gasteiger partial charge < -0.3 is 24.8 Å². The first-order valence-electron chi connectivity index (χ1n) is 13.1. The molecule has 0 unspecified atom stereocenters. The Balaban J connectivity index is 1.28. The number of likely N-dealkylation sites (tertiary alicyclic amines) is 1. The predicted molar refractivity (Wildman–Crippen MR) is 145 cm³/mol. The second kappa shape index (κ2) is 10.8. The highest BCUT2D eigenvalue weighted by Crippen LogP contribution is 2.48. The van der Waals surface area contributed by atoms with Gasteiger partial charge in [0.05, 0.1) is 7.11 Å². The molecule has 0 spiro atoms. The number of phenolic OH excluding ortho intramolecular Hbond substituents is 1. The number of hydrogen-bond donors (Lipinski definition) is 2. The Morgan fingerprint density at radius 3 is 2.58 bits per heavy atom. The van der Waals surface area contributed by atoms with Crippen molar-refractivity contribution in [3.63, 3.8) is 0 Å². The molecule has 0 bridgehead atoms. The zero-order valence-electron chi connectivity index (χ0n) is 21.9. The molecule has 7 heteroatoms. The van der Waals surface area contributed by atoms with Crippen LogP contribution in [-0.2, 0) is 6.61 Å². The monoisotopic (exact) mass is 514 g/mol. The highest BCUT2D eigenvalue weighted by Gasteiger charge is 2.50. The van der Waals surface area contributed by atoms with Gasteiger partial charge in [-0.15, -0.1) is 0 Å². The normalized spacial score (nSPS) is 20.2. The Bertz CT molecular complexity index is 1310. The average Bonchev–Trinajstić information content (AvgIpc) is 3.49. The van der Waals surface area contributed by atoms with Crippen molar-refractivity contribution in [2.75, 3.05) is 26.7 Å². The molecule has 2 aliphatic rings. The number of nitrogens with zero attached hydrogens (tertiary/aromatic N) is 1. The van der Waals surface area contributed by atoms with Gasteiger partial charge in [-0.2, -0.15) is 0 Å². The van der Waals surface area contributed by atoms with Crippen molar-refractivity contribution in [1.29, 1.82) is 0 Å². The molecule has 1 saturated heterocycles. The zero-order valence-corrected chi connectivity index (χ0v) is 21.9. The lowest BCUT2D eigenvalue weighted by atomic mass is 9.80. The van der Waals surface area contributed by atoms with Crippen molar-refractivity contribution in [3.05, 3.63) is 89.0 Å². The van der Waals surface area contributed by atoms with Crippen LogP contribution in [0.4, 0.5) is 0 Å². The van der Waals surface area contributed by atoms with Gasteiger partial charge in [0.2, 0.25) is 0 Å². The fourth-order valence-electron chi connectivity index (χ4n) is 5.91. The van der Waals surface area contributed by atoms with E-state index in [1.165, 1.54) is 12.1 Å². The quantitative estimate of drug-likeness (QED) is 0.444. The second-order valence-electron chi connectivity index (χ2n) is 10.5. The summed E-state index contributed by atoms with van der Waals surface area (Å²) < 4.78 is 11.5. The van der Waals surface area contributed by atoms with Crippen LogP contribution in [0, 0.1) is 18.3 Å². The third-order valence-corrected chi connectivity index (χ3v) is 8.03.